The fourth-order valence-electron chi connectivity index (χ4n) is 2.93. The molecule has 0 unspecified atom stereocenters. The van der Waals surface area contributed by atoms with E-state index in [1.54, 1.807) is 12.1 Å². The van der Waals surface area contributed by atoms with Gasteiger partial charge in [-0.1, -0.05) is 35.1 Å². The number of carbonyl (C=O) groups excluding carboxylic acids is 1. The number of ether oxygens (including phenoxy) is 2. The molecular weight excluding hydrogens is 348 g/mol. The molecule has 0 saturated carbocycles. The lowest BCUT2D eigenvalue weighted by Gasteiger charge is -2.18. The van der Waals surface area contributed by atoms with Crippen LogP contribution in [0.4, 0.5) is 0 Å². The molecule has 6 heteroatoms. The molecule has 4 rings (SSSR count). The number of aromatic nitrogens is 1. The molecule has 2 heterocycles. The van der Waals surface area contributed by atoms with Crippen LogP contribution in [-0.2, 0) is 6.54 Å². The fraction of sp³-hybridized carbons (Fsp3) is 0.200. The number of hydrogen-bond acceptors (Lipinski definition) is 4. The predicted octanol–water partition coefficient (Wildman–Crippen LogP) is 3.71. The van der Waals surface area contributed by atoms with Crippen molar-refractivity contribution in [1.82, 2.24) is 4.57 Å². The summed E-state index contributed by atoms with van der Waals surface area (Å²) in [7, 11) is 0. The second-order valence-corrected chi connectivity index (χ2v) is 7.04. The molecule has 0 fully saturated rings. The van der Waals surface area contributed by atoms with Crippen LogP contribution in [0.5, 0.6) is 11.5 Å². The summed E-state index contributed by atoms with van der Waals surface area (Å²) in [6.45, 7) is 7.41. The second kappa shape index (κ2) is 6.80. The van der Waals surface area contributed by atoms with Crippen molar-refractivity contribution >= 4 is 27.5 Å². The first-order chi connectivity index (χ1) is 12.7. The smallest absolute Gasteiger partial charge is 0.279 e. The van der Waals surface area contributed by atoms with E-state index in [2.05, 4.69) is 11.6 Å². The monoisotopic (exact) mass is 366 g/mol. The summed E-state index contributed by atoms with van der Waals surface area (Å²) in [5.74, 6) is 1.19. The molecule has 0 spiro atoms. The van der Waals surface area contributed by atoms with Gasteiger partial charge in [0, 0.05) is 24.2 Å². The number of allylic oxidation sites excluding steroid dienone is 1. The van der Waals surface area contributed by atoms with Gasteiger partial charge in [0.1, 0.15) is 13.2 Å². The van der Waals surface area contributed by atoms with E-state index in [1.807, 2.05) is 41.8 Å². The SMILES string of the molecule is C=CCn1c(=NC(=O)c2cccc(C)c2)sc2cc3c(cc21)OCCO3. The number of fused-ring (bicyclic) bond motifs is 2. The summed E-state index contributed by atoms with van der Waals surface area (Å²) in [4.78, 5) is 17.6. The van der Waals surface area contributed by atoms with Crippen LogP contribution < -0.4 is 14.3 Å². The van der Waals surface area contributed by atoms with Gasteiger partial charge < -0.3 is 14.0 Å². The third-order valence-electron chi connectivity index (χ3n) is 4.12. The molecule has 0 atom stereocenters. The van der Waals surface area contributed by atoms with E-state index in [4.69, 9.17) is 9.47 Å². The zero-order valence-electron chi connectivity index (χ0n) is 14.4. The van der Waals surface area contributed by atoms with Gasteiger partial charge in [0.05, 0.1) is 10.2 Å². The maximum atomic E-state index is 12.6. The van der Waals surface area contributed by atoms with Gasteiger partial charge in [0.25, 0.3) is 5.91 Å². The Balaban J connectivity index is 1.86. The van der Waals surface area contributed by atoms with Crippen LogP contribution in [0.3, 0.4) is 0 Å². The molecule has 1 aliphatic heterocycles. The number of benzene rings is 2. The van der Waals surface area contributed by atoms with Gasteiger partial charge in [-0.25, -0.2) is 0 Å². The van der Waals surface area contributed by atoms with Gasteiger partial charge in [-0.2, -0.15) is 4.99 Å². The minimum absolute atomic E-state index is 0.254. The van der Waals surface area contributed by atoms with E-state index >= 15 is 0 Å². The third kappa shape index (κ3) is 3.04. The summed E-state index contributed by atoms with van der Waals surface area (Å²) >= 11 is 1.46. The molecule has 0 radical (unpaired) electrons. The number of rotatable bonds is 3. The van der Waals surface area contributed by atoms with Crippen molar-refractivity contribution in [3.05, 3.63) is 65.0 Å². The van der Waals surface area contributed by atoms with Gasteiger partial charge in [-0.05, 0) is 19.1 Å². The summed E-state index contributed by atoms with van der Waals surface area (Å²) < 4.78 is 14.3. The molecular formula is C20H18N2O3S. The maximum absolute atomic E-state index is 12.6. The maximum Gasteiger partial charge on any atom is 0.279 e. The van der Waals surface area contributed by atoms with Gasteiger partial charge >= 0.3 is 0 Å². The molecule has 0 saturated heterocycles. The lowest BCUT2D eigenvalue weighted by molar-refractivity contribution is 0.0998. The van der Waals surface area contributed by atoms with Crippen LogP contribution >= 0.6 is 11.3 Å². The highest BCUT2D eigenvalue weighted by Crippen LogP contribution is 2.35. The number of aryl methyl sites for hydroxylation is 1. The molecule has 0 aliphatic carbocycles. The van der Waals surface area contributed by atoms with Crippen LogP contribution in [0.2, 0.25) is 0 Å². The summed E-state index contributed by atoms with van der Waals surface area (Å²) in [5.41, 5.74) is 2.57. The van der Waals surface area contributed by atoms with E-state index in [9.17, 15) is 4.79 Å². The van der Waals surface area contributed by atoms with Crippen molar-refractivity contribution < 1.29 is 14.3 Å². The van der Waals surface area contributed by atoms with Crippen LogP contribution in [0.1, 0.15) is 15.9 Å². The normalized spacial score (nSPS) is 13.8. The highest BCUT2D eigenvalue weighted by molar-refractivity contribution is 7.16. The van der Waals surface area contributed by atoms with E-state index in [0.29, 0.717) is 30.1 Å². The van der Waals surface area contributed by atoms with Crippen molar-refractivity contribution in [3.63, 3.8) is 0 Å². The highest BCUT2D eigenvalue weighted by Gasteiger charge is 2.16. The van der Waals surface area contributed by atoms with Crippen molar-refractivity contribution in [1.29, 1.82) is 0 Å². The number of hydrogen-bond donors (Lipinski definition) is 0. The molecule has 1 aliphatic rings. The zero-order chi connectivity index (χ0) is 18.1. The van der Waals surface area contributed by atoms with Crippen LogP contribution in [-0.4, -0.2) is 23.7 Å². The lowest BCUT2D eigenvalue weighted by Crippen LogP contribution is -2.17. The van der Waals surface area contributed by atoms with Crippen molar-refractivity contribution in [2.24, 2.45) is 4.99 Å². The van der Waals surface area contributed by atoms with Gasteiger partial charge in [0.15, 0.2) is 16.3 Å². The molecule has 0 N–H and O–H groups in total. The van der Waals surface area contributed by atoms with E-state index in [-0.39, 0.29) is 5.91 Å². The molecule has 0 bridgehead atoms. The number of thiazole rings is 1. The zero-order valence-corrected chi connectivity index (χ0v) is 15.2. The first kappa shape index (κ1) is 16.6. The van der Waals surface area contributed by atoms with Crippen LogP contribution in [0.15, 0.2) is 54.0 Å². The fourth-order valence-corrected chi connectivity index (χ4v) is 3.97. The molecule has 3 aromatic rings. The molecule has 26 heavy (non-hydrogen) atoms. The topological polar surface area (TPSA) is 52.8 Å². The van der Waals surface area contributed by atoms with Gasteiger partial charge in [-0.15, -0.1) is 6.58 Å². The first-order valence-corrected chi connectivity index (χ1v) is 9.17. The van der Waals surface area contributed by atoms with Crippen molar-refractivity contribution in [2.45, 2.75) is 13.5 Å². The van der Waals surface area contributed by atoms with Gasteiger partial charge in [0.2, 0.25) is 0 Å². The minimum atomic E-state index is -0.254. The summed E-state index contributed by atoms with van der Waals surface area (Å²) in [5, 5.41) is 0. The van der Waals surface area contributed by atoms with Crippen LogP contribution in [0, 0.1) is 6.92 Å². The Morgan fingerprint density at radius 2 is 2.04 bits per heavy atom. The Kier molecular flexibility index (Phi) is 4.34. The number of carbonyl (C=O) groups is 1. The molecule has 1 amide bonds. The Morgan fingerprint density at radius 3 is 2.77 bits per heavy atom. The van der Waals surface area contributed by atoms with Crippen LogP contribution in [0.25, 0.3) is 10.2 Å². The number of amides is 1. The van der Waals surface area contributed by atoms with Gasteiger partial charge in [-0.3, -0.25) is 4.79 Å². The minimum Gasteiger partial charge on any atom is -0.486 e. The number of nitrogens with zero attached hydrogens (tertiary/aromatic N) is 2. The predicted molar refractivity (Wildman–Crippen MR) is 102 cm³/mol. The molecule has 2 aromatic carbocycles. The third-order valence-corrected chi connectivity index (χ3v) is 5.16. The average Bonchev–Trinajstić information content (AvgIpc) is 2.96. The summed E-state index contributed by atoms with van der Waals surface area (Å²) in [6, 6.07) is 11.3. The average molecular weight is 366 g/mol. The van der Waals surface area contributed by atoms with E-state index in [0.717, 1.165) is 27.3 Å². The Morgan fingerprint density at radius 1 is 1.27 bits per heavy atom. The lowest BCUT2D eigenvalue weighted by atomic mass is 10.1. The Hall–Kier alpha value is -2.86. The molecule has 5 nitrogen and oxygen atoms in total. The second-order valence-electron chi connectivity index (χ2n) is 6.03. The van der Waals surface area contributed by atoms with E-state index in [1.165, 1.54) is 11.3 Å². The van der Waals surface area contributed by atoms with E-state index < -0.39 is 0 Å². The molecule has 132 valence electrons. The summed E-state index contributed by atoms with van der Waals surface area (Å²) in [6.07, 6.45) is 1.79. The van der Waals surface area contributed by atoms with Crippen molar-refractivity contribution in [2.75, 3.05) is 13.2 Å². The first-order valence-electron chi connectivity index (χ1n) is 8.35. The quantitative estimate of drug-likeness (QED) is 0.664. The molecule has 1 aromatic heterocycles. The highest BCUT2D eigenvalue weighted by atomic mass is 32.1. The Bertz CT molecular complexity index is 1080. The largest absolute Gasteiger partial charge is 0.486 e. The Labute approximate surface area is 154 Å². The van der Waals surface area contributed by atoms with Crippen molar-refractivity contribution in [3.8, 4) is 11.5 Å². The standard InChI is InChI=1S/C20H18N2O3S/c1-3-7-22-15-11-16-17(25-9-8-24-16)12-18(15)26-20(22)21-19(23)14-6-4-5-13(2)10-14/h3-6,10-12H,1,7-9H2,2H3.